The number of fused-ring (bicyclic) bond motifs is 7. The molecule has 2 aliphatic heterocycles. The summed E-state index contributed by atoms with van der Waals surface area (Å²) in [7, 11) is 0. The molecule has 3 aliphatic rings. The Kier molecular flexibility index (Phi) is 4.48. The lowest BCUT2D eigenvalue weighted by atomic mass is 9.86. The zero-order valence-corrected chi connectivity index (χ0v) is 19.2. The van der Waals surface area contributed by atoms with Crippen molar-refractivity contribution < 1.29 is 13.9 Å². The van der Waals surface area contributed by atoms with E-state index in [9.17, 15) is 4.39 Å². The number of rotatable bonds is 1. The topological polar surface area (TPSA) is 88.1 Å². The lowest BCUT2D eigenvalue weighted by Gasteiger charge is -2.29. The Balaban J connectivity index is 1.55. The summed E-state index contributed by atoms with van der Waals surface area (Å²) < 4.78 is 28.4. The molecular weight excluding hydrogens is 445 g/mol. The summed E-state index contributed by atoms with van der Waals surface area (Å²) in [5.41, 5.74) is 14.0. The Labute approximate surface area is 201 Å². The normalized spacial score (nSPS) is 20.5. The molecule has 2 N–H and O–H groups in total. The van der Waals surface area contributed by atoms with Crippen LogP contribution in [0.4, 0.5) is 10.2 Å². The van der Waals surface area contributed by atoms with E-state index in [-0.39, 0.29) is 17.8 Å². The van der Waals surface area contributed by atoms with Crippen molar-refractivity contribution in [1.82, 2.24) is 19.7 Å². The van der Waals surface area contributed by atoms with Gasteiger partial charge in [-0.3, -0.25) is 9.67 Å². The lowest BCUT2D eigenvalue weighted by molar-refractivity contribution is -0.0280. The number of aryl methyl sites for hydroxylation is 1. The summed E-state index contributed by atoms with van der Waals surface area (Å²) in [6, 6.07) is 11.0. The summed E-state index contributed by atoms with van der Waals surface area (Å²) in [5.74, 6) is 0.541. The predicted molar refractivity (Wildman–Crippen MR) is 129 cm³/mol. The molecule has 35 heavy (non-hydrogen) atoms. The Morgan fingerprint density at radius 2 is 2.00 bits per heavy atom. The molecule has 5 heterocycles. The third kappa shape index (κ3) is 3.09. The second kappa shape index (κ2) is 7.61. The molecule has 0 spiro atoms. The zero-order valence-electron chi connectivity index (χ0n) is 19.2. The van der Waals surface area contributed by atoms with Gasteiger partial charge in [0.1, 0.15) is 11.9 Å². The molecular formula is C27H24FN5O2. The summed E-state index contributed by atoms with van der Waals surface area (Å²) in [6.07, 6.45) is 4.92. The van der Waals surface area contributed by atoms with Gasteiger partial charge in [-0.05, 0) is 55.7 Å². The maximum Gasteiger partial charge on any atom is 0.166 e. The highest BCUT2D eigenvalue weighted by atomic mass is 19.1. The van der Waals surface area contributed by atoms with Crippen LogP contribution >= 0.6 is 0 Å². The van der Waals surface area contributed by atoms with Gasteiger partial charge >= 0.3 is 0 Å². The van der Waals surface area contributed by atoms with Gasteiger partial charge in [0, 0.05) is 40.6 Å². The molecule has 7 rings (SSSR count). The smallest absolute Gasteiger partial charge is 0.166 e. The van der Waals surface area contributed by atoms with E-state index in [4.69, 9.17) is 25.3 Å². The third-order valence-electron chi connectivity index (χ3n) is 7.39. The van der Waals surface area contributed by atoms with E-state index in [1.807, 2.05) is 19.1 Å². The third-order valence-corrected chi connectivity index (χ3v) is 7.39. The Morgan fingerprint density at radius 3 is 2.83 bits per heavy atom. The number of benzene rings is 1. The highest BCUT2D eigenvalue weighted by molar-refractivity contribution is 5.74. The number of nitrogens with zero attached hydrogens (tertiary/aromatic N) is 4. The summed E-state index contributed by atoms with van der Waals surface area (Å²) in [4.78, 5) is 9.27. The molecule has 1 aromatic carbocycles. The minimum atomic E-state index is -0.474. The second-order valence-corrected chi connectivity index (χ2v) is 9.48. The average Bonchev–Trinajstić information content (AvgIpc) is 3.38. The predicted octanol–water partition coefficient (Wildman–Crippen LogP) is 4.83. The molecule has 1 saturated heterocycles. The van der Waals surface area contributed by atoms with Crippen molar-refractivity contribution >= 4 is 5.82 Å². The van der Waals surface area contributed by atoms with Gasteiger partial charge in [0.15, 0.2) is 11.6 Å². The SMILES string of the molecule is C[C@H]1Oc2cc(cnc2N)-c2c3c(nn2C2COC2)CCC3c2cccnc2-c2ccc(F)cc21. The fourth-order valence-corrected chi connectivity index (χ4v) is 5.64. The van der Waals surface area contributed by atoms with Crippen LogP contribution in [0.25, 0.3) is 22.5 Å². The van der Waals surface area contributed by atoms with Gasteiger partial charge in [0.05, 0.1) is 36.3 Å². The standard InChI is InChI=1S/C27H24FN5O2/c1-14-21-10-16(28)4-5-20(21)25-19(3-2-8-30-25)18-6-7-22-24(18)26(33(32-22)17-12-34-13-17)15-9-23(35-14)27(29)31-11-15/h2-5,8-11,14,17-18H,6-7,12-13H2,1H3,(H2,29,31)/t14-,18?/m1/s1. The van der Waals surface area contributed by atoms with Crippen molar-refractivity contribution in [2.75, 3.05) is 18.9 Å². The van der Waals surface area contributed by atoms with Gasteiger partial charge in [-0.1, -0.05) is 6.07 Å². The maximum atomic E-state index is 14.4. The van der Waals surface area contributed by atoms with Crippen molar-refractivity contribution in [2.24, 2.45) is 0 Å². The second-order valence-electron chi connectivity index (χ2n) is 9.48. The summed E-state index contributed by atoms with van der Waals surface area (Å²) >= 11 is 0. The highest BCUT2D eigenvalue weighted by Crippen LogP contribution is 2.48. The van der Waals surface area contributed by atoms with Crippen LogP contribution in [0.1, 0.15) is 53.8 Å². The Hall–Kier alpha value is -3.78. The molecule has 0 saturated carbocycles. The van der Waals surface area contributed by atoms with Crippen LogP contribution in [0.2, 0.25) is 0 Å². The number of nitrogen functional groups attached to an aromatic ring is 1. The molecule has 0 radical (unpaired) electrons. The van der Waals surface area contributed by atoms with Crippen LogP contribution in [0.3, 0.4) is 0 Å². The number of hydrogen-bond acceptors (Lipinski definition) is 6. The molecule has 2 bridgehead atoms. The maximum absolute atomic E-state index is 14.4. The quantitative estimate of drug-likeness (QED) is 0.430. The van der Waals surface area contributed by atoms with E-state index in [1.54, 1.807) is 18.5 Å². The number of hydrogen-bond donors (Lipinski definition) is 1. The fourth-order valence-electron chi connectivity index (χ4n) is 5.64. The van der Waals surface area contributed by atoms with Gasteiger partial charge in [0.2, 0.25) is 0 Å². The van der Waals surface area contributed by atoms with E-state index < -0.39 is 6.10 Å². The molecule has 176 valence electrons. The van der Waals surface area contributed by atoms with Gasteiger partial charge in [-0.25, -0.2) is 9.37 Å². The molecule has 8 heteroatoms. The largest absolute Gasteiger partial charge is 0.482 e. The molecule has 1 unspecified atom stereocenters. The fraction of sp³-hybridized carbons (Fsp3) is 0.296. The minimum Gasteiger partial charge on any atom is -0.482 e. The molecule has 2 atom stereocenters. The number of ether oxygens (including phenoxy) is 2. The van der Waals surface area contributed by atoms with Crippen LogP contribution in [-0.4, -0.2) is 33.0 Å². The lowest BCUT2D eigenvalue weighted by Crippen LogP contribution is -2.32. The van der Waals surface area contributed by atoms with Crippen LogP contribution in [-0.2, 0) is 11.2 Å². The van der Waals surface area contributed by atoms with Crippen molar-refractivity contribution in [3.05, 3.63) is 77.0 Å². The number of halogens is 1. The van der Waals surface area contributed by atoms with E-state index in [0.717, 1.165) is 52.2 Å². The number of aromatic nitrogens is 4. The first kappa shape index (κ1) is 20.6. The number of pyridine rings is 2. The van der Waals surface area contributed by atoms with E-state index in [0.29, 0.717) is 24.8 Å². The van der Waals surface area contributed by atoms with Crippen molar-refractivity contribution in [3.8, 4) is 28.3 Å². The van der Waals surface area contributed by atoms with Crippen LogP contribution < -0.4 is 10.5 Å². The van der Waals surface area contributed by atoms with E-state index >= 15 is 0 Å². The van der Waals surface area contributed by atoms with Crippen molar-refractivity contribution in [1.29, 1.82) is 0 Å². The molecule has 0 amide bonds. The highest BCUT2D eigenvalue weighted by Gasteiger charge is 2.37. The number of anilines is 1. The van der Waals surface area contributed by atoms with E-state index in [1.165, 1.54) is 17.7 Å². The zero-order chi connectivity index (χ0) is 23.7. The van der Waals surface area contributed by atoms with Crippen LogP contribution in [0.15, 0.2) is 48.8 Å². The van der Waals surface area contributed by atoms with Crippen LogP contribution in [0.5, 0.6) is 5.75 Å². The van der Waals surface area contributed by atoms with Crippen molar-refractivity contribution in [3.63, 3.8) is 0 Å². The summed E-state index contributed by atoms with van der Waals surface area (Å²) in [5, 5.41) is 5.05. The molecule has 1 fully saturated rings. The van der Waals surface area contributed by atoms with Gasteiger partial charge in [-0.2, -0.15) is 5.10 Å². The number of nitrogens with two attached hydrogens (primary N) is 1. The van der Waals surface area contributed by atoms with Gasteiger partial charge in [-0.15, -0.1) is 0 Å². The van der Waals surface area contributed by atoms with Gasteiger partial charge < -0.3 is 15.2 Å². The van der Waals surface area contributed by atoms with Crippen LogP contribution in [0, 0.1) is 5.82 Å². The monoisotopic (exact) mass is 469 g/mol. The first-order chi connectivity index (χ1) is 17.1. The van der Waals surface area contributed by atoms with Crippen molar-refractivity contribution in [2.45, 2.75) is 37.8 Å². The summed E-state index contributed by atoms with van der Waals surface area (Å²) in [6.45, 7) is 3.17. The Bertz CT molecular complexity index is 1480. The molecule has 7 nitrogen and oxygen atoms in total. The Morgan fingerprint density at radius 1 is 1.11 bits per heavy atom. The van der Waals surface area contributed by atoms with E-state index in [2.05, 4.69) is 15.7 Å². The molecule has 3 aromatic heterocycles. The first-order valence-electron chi connectivity index (χ1n) is 11.9. The molecule has 4 aromatic rings. The first-order valence-corrected chi connectivity index (χ1v) is 11.9. The average molecular weight is 470 g/mol. The molecule has 1 aliphatic carbocycles. The minimum absolute atomic E-state index is 0.105. The van der Waals surface area contributed by atoms with Gasteiger partial charge in [0.25, 0.3) is 0 Å².